The lowest BCUT2D eigenvalue weighted by Crippen LogP contribution is -2.51. The summed E-state index contributed by atoms with van der Waals surface area (Å²) in [5.41, 5.74) is 1.23. The first-order valence-corrected chi connectivity index (χ1v) is 12.5. The van der Waals surface area contributed by atoms with Crippen molar-refractivity contribution in [2.75, 3.05) is 13.1 Å². The van der Waals surface area contributed by atoms with Gasteiger partial charge in [-0.25, -0.2) is 4.98 Å². The maximum Gasteiger partial charge on any atom is 0.262 e. The van der Waals surface area contributed by atoms with Gasteiger partial charge in [0.2, 0.25) is 5.91 Å². The molecule has 0 atom stereocenters. The smallest absolute Gasteiger partial charge is 0.262 e. The van der Waals surface area contributed by atoms with E-state index in [9.17, 15) is 14.7 Å². The number of carbonyl (C=O) groups excluding carboxylic acids is 1. The van der Waals surface area contributed by atoms with E-state index in [0.29, 0.717) is 48.0 Å². The van der Waals surface area contributed by atoms with Crippen LogP contribution in [0.1, 0.15) is 56.9 Å². The predicted octanol–water partition coefficient (Wildman–Crippen LogP) is 3.87. The first-order valence-electron chi connectivity index (χ1n) is 12.1. The van der Waals surface area contributed by atoms with Crippen molar-refractivity contribution in [3.8, 4) is 5.69 Å². The van der Waals surface area contributed by atoms with E-state index in [1.54, 1.807) is 10.6 Å². The Morgan fingerprint density at radius 1 is 1.15 bits per heavy atom. The van der Waals surface area contributed by atoms with Gasteiger partial charge in [-0.2, -0.15) is 0 Å². The van der Waals surface area contributed by atoms with Crippen molar-refractivity contribution in [3.05, 3.63) is 57.7 Å². The summed E-state index contributed by atoms with van der Waals surface area (Å²) in [6.07, 6.45) is 6.75. The van der Waals surface area contributed by atoms with Gasteiger partial charge in [0.05, 0.1) is 17.5 Å². The van der Waals surface area contributed by atoms with Gasteiger partial charge in [0.1, 0.15) is 11.5 Å². The molecule has 2 aromatic heterocycles. The first-order chi connectivity index (χ1) is 16.3. The number of piperidine rings is 1. The van der Waals surface area contributed by atoms with Crippen LogP contribution in [-0.2, 0) is 11.3 Å². The highest BCUT2D eigenvalue weighted by molar-refractivity contribution is 6.31. The van der Waals surface area contributed by atoms with Crippen LogP contribution < -0.4 is 5.56 Å². The number of amides is 1. The maximum atomic E-state index is 13.3. The van der Waals surface area contributed by atoms with E-state index in [1.807, 2.05) is 24.0 Å². The molecule has 1 N–H and O–H groups in total. The van der Waals surface area contributed by atoms with Gasteiger partial charge < -0.3 is 10.0 Å². The molecule has 3 aliphatic rings. The standard InChI is InChI=1S/C26H29ClN4O3/c1-25(8-9-25)24(33)29-12-10-26(34,11-13-29)15-30-16-28-22-20(23(30)32)14-21(27)31(22)19-6-4-18(5-7-19)17-2-3-17/h4-7,14,16-17,34H,2-3,8-13,15H2,1H3. The van der Waals surface area contributed by atoms with Crippen molar-refractivity contribution in [2.24, 2.45) is 5.41 Å². The Bertz CT molecular complexity index is 1330. The van der Waals surface area contributed by atoms with Crippen LogP contribution in [0.4, 0.5) is 0 Å². The summed E-state index contributed by atoms with van der Waals surface area (Å²) >= 11 is 6.54. The summed E-state index contributed by atoms with van der Waals surface area (Å²) < 4.78 is 3.26. The molecule has 7 nitrogen and oxygen atoms in total. The highest BCUT2D eigenvalue weighted by Gasteiger charge is 2.48. The van der Waals surface area contributed by atoms with Gasteiger partial charge in [0, 0.05) is 24.2 Å². The number of nitrogens with zero attached hydrogens (tertiary/aromatic N) is 4. The molecule has 2 saturated carbocycles. The van der Waals surface area contributed by atoms with Crippen LogP contribution in [0.15, 0.2) is 41.5 Å². The zero-order valence-electron chi connectivity index (χ0n) is 19.3. The van der Waals surface area contributed by atoms with E-state index >= 15 is 0 Å². The van der Waals surface area contributed by atoms with Crippen molar-refractivity contribution in [1.29, 1.82) is 0 Å². The molecule has 178 valence electrons. The molecule has 1 aromatic carbocycles. The third-order valence-electron chi connectivity index (χ3n) is 7.90. The fourth-order valence-electron chi connectivity index (χ4n) is 5.14. The van der Waals surface area contributed by atoms with E-state index in [4.69, 9.17) is 11.6 Å². The molecule has 3 heterocycles. The third kappa shape index (κ3) is 3.75. The van der Waals surface area contributed by atoms with Crippen LogP contribution in [-0.4, -0.2) is 48.7 Å². The van der Waals surface area contributed by atoms with E-state index in [2.05, 4.69) is 17.1 Å². The van der Waals surface area contributed by atoms with Gasteiger partial charge in [-0.3, -0.25) is 18.7 Å². The van der Waals surface area contributed by atoms with Gasteiger partial charge in [0.25, 0.3) is 5.56 Å². The van der Waals surface area contributed by atoms with E-state index in [1.165, 1.54) is 29.3 Å². The molecule has 0 radical (unpaired) electrons. The lowest BCUT2D eigenvalue weighted by molar-refractivity contribution is -0.141. The van der Waals surface area contributed by atoms with Gasteiger partial charge in [-0.1, -0.05) is 30.7 Å². The number of aliphatic hydroxyl groups is 1. The molecular formula is C26H29ClN4O3. The largest absolute Gasteiger partial charge is 0.388 e. The fraction of sp³-hybridized carbons (Fsp3) is 0.500. The number of benzene rings is 1. The van der Waals surface area contributed by atoms with Crippen LogP contribution in [0.5, 0.6) is 0 Å². The summed E-state index contributed by atoms with van der Waals surface area (Å²) in [6, 6.07) is 9.93. The summed E-state index contributed by atoms with van der Waals surface area (Å²) in [7, 11) is 0. The summed E-state index contributed by atoms with van der Waals surface area (Å²) in [5, 5.41) is 12.1. The van der Waals surface area contributed by atoms with Crippen LogP contribution >= 0.6 is 11.6 Å². The Hall–Kier alpha value is -2.64. The van der Waals surface area contributed by atoms with Crippen molar-refractivity contribution >= 4 is 28.5 Å². The number of halogens is 1. The second-order valence-corrected chi connectivity index (χ2v) is 11.0. The Morgan fingerprint density at radius 2 is 1.82 bits per heavy atom. The highest BCUT2D eigenvalue weighted by Crippen LogP contribution is 2.47. The van der Waals surface area contributed by atoms with E-state index < -0.39 is 5.60 Å². The SMILES string of the molecule is CC1(C(=O)N2CCC(O)(Cn3cnc4c(cc(Cl)n4-c4ccc(C5CC5)cc4)c3=O)CC2)CC1. The summed E-state index contributed by atoms with van der Waals surface area (Å²) in [4.78, 5) is 32.3. The number of hydrogen-bond acceptors (Lipinski definition) is 4. The number of fused-ring (bicyclic) bond motifs is 1. The van der Waals surface area contributed by atoms with Crippen LogP contribution in [0.2, 0.25) is 5.15 Å². The molecule has 1 saturated heterocycles. The molecule has 3 fully saturated rings. The minimum atomic E-state index is -1.05. The monoisotopic (exact) mass is 480 g/mol. The number of hydrogen-bond donors (Lipinski definition) is 1. The minimum Gasteiger partial charge on any atom is -0.388 e. The minimum absolute atomic E-state index is 0.146. The molecular weight excluding hydrogens is 452 g/mol. The maximum absolute atomic E-state index is 13.3. The Balaban J connectivity index is 1.23. The molecule has 0 spiro atoms. The second-order valence-electron chi connectivity index (χ2n) is 10.7. The lowest BCUT2D eigenvalue weighted by atomic mass is 9.90. The number of rotatable bonds is 5. The number of aromatic nitrogens is 3. The summed E-state index contributed by atoms with van der Waals surface area (Å²) in [5.74, 6) is 0.861. The molecule has 3 aromatic rings. The van der Waals surface area contributed by atoms with Crippen LogP contribution in [0.3, 0.4) is 0 Å². The second kappa shape index (κ2) is 7.68. The zero-order valence-corrected chi connectivity index (χ0v) is 20.1. The summed E-state index contributed by atoms with van der Waals surface area (Å²) in [6.45, 7) is 3.17. The van der Waals surface area contributed by atoms with Gasteiger partial charge in [-0.05, 0) is 68.2 Å². The molecule has 1 aliphatic heterocycles. The molecule has 8 heteroatoms. The first kappa shape index (κ1) is 21.9. The Morgan fingerprint density at radius 3 is 2.44 bits per heavy atom. The molecule has 6 rings (SSSR count). The van der Waals surface area contributed by atoms with Gasteiger partial charge in [0.15, 0.2) is 5.65 Å². The van der Waals surface area contributed by atoms with Crippen LogP contribution in [0, 0.1) is 5.41 Å². The normalized spacial score (nSPS) is 21.1. The zero-order chi connectivity index (χ0) is 23.7. The predicted molar refractivity (Wildman–Crippen MR) is 130 cm³/mol. The topological polar surface area (TPSA) is 80.4 Å². The average molecular weight is 481 g/mol. The molecule has 34 heavy (non-hydrogen) atoms. The van der Waals surface area contributed by atoms with Crippen molar-refractivity contribution in [2.45, 2.75) is 63.5 Å². The number of likely N-dealkylation sites (tertiary alicyclic amines) is 1. The Labute approximate surface area is 203 Å². The van der Waals surface area contributed by atoms with Gasteiger partial charge in [-0.15, -0.1) is 0 Å². The van der Waals surface area contributed by atoms with Crippen molar-refractivity contribution in [1.82, 2.24) is 19.0 Å². The average Bonchev–Trinajstić information content (AvgIpc) is 3.76. The Kier molecular flexibility index (Phi) is 4.94. The van der Waals surface area contributed by atoms with Crippen molar-refractivity contribution in [3.63, 3.8) is 0 Å². The molecule has 0 unspecified atom stereocenters. The van der Waals surface area contributed by atoms with Crippen molar-refractivity contribution < 1.29 is 9.90 Å². The third-order valence-corrected chi connectivity index (χ3v) is 8.18. The lowest BCUT2D eigenvalue weighted by Gasteiger charge is -2.39. The van der Waals surface area contributed by atoms with E-state index in [0.717, 1.165) is 18.5 Å². The highest BCUT2D eigenvalue weighted by atomic mass is 35.5. The fourth-order valence-corrected chi connectivity index (χ4v) is 5.43. The quantitative estimate of drug-likeness (QED) is 0.601. The molecule has 0 bridgehead atoms. The molecule has 1 amide bonds. The number of carbonyl (C=O) groups is 1. The van der Waals surface area contributed by atoms with E-state index in [-0.39, 0.29) is 23.4 Å². The van der Waals surface area contributed by atoms with Crippen LogP contribution in [0.25, 0.3) is 16.7 Å². The molecule has 2 aliphatic carbocycles. The van der Waals surface area contributed by atoms with Gasteiger partial charge >= 0.3 is 0 Å².